The van der Waals surface area contributed by atoms with Crippen LogP contribution in [0.5, 0.6) is 5.75 Å². The molecule has 0 aliphatic carbocycles. The van der Waals surface area contributed by atoms with Gasteiger partial charge in [-0.05, 0) is 56.7 Å². The molecule has 1 rings (SSSR count). The smallest absolute Gasteiger partial charge is 0.343 e. The molecule has 0 saturated carbocycles. The Bertz CT molecular complexity index is 506. The zero-order chi connectivity index (χ0) is 16.2. The van der Waals surface area contributed by atoms with Gasteiger partial charge >= 0.3 is 5.97 Å². The second-order valence-electron chi connectivity index (χ2n) is 4.34. The average Bonchev–Trinajstić information content (AvgIpc) is 2.56. The standard InChI is InChI=1S/C17H23NO4/c1-4-13-20-16-9-7-14(8-10-16)17(19)22-15(5-2)11-12-18-21-6-3/h5,7-12,18H,4,6,13H2,1-3H3/b12-11-,15-5+. The maximum Gasteiger partial charge on any atom is 0.343 e. The molecule has 1 N–H and O–H groups in total. The Morgan fingerprint density at radius 2 is 1.95 bits per heavy atom. The van der Waals surface area contributed by atoms with E-state index in [1.807, 2.05) is 13.8 Å². The molecule has 0 bridgehead atoms. The Balaban J connectivity index is 2.57. The fourth-order valence-electron chi connectivity index (χ4n) is 1.51. The van der Waals surface area contributed by atoms with Crippen LogP contribution in [0.15, 0.2) is 48.4 Å². The summed E-state index contributed by atoms with van der Waals surface area (Å²) < 4.78 is 10.8. The lowest BCUT2D eigenvalue weighted by Gasteiger charge is -2.07. The second kappa shape index (κ2) is 10.5. The molecule has 0 amide bonds. The molecule has 22 heavy (non-hydrogen) atoms. The van der Waals surface area contributed by atoms with Crippen LogP contribution in [-0.4, -0.2) is 19.2 Å². The maximum atomic E-state index is 12.0. The molecule has 0 spiro atoms. The van der Waals surface area contributed by atoms with Gasteiger partial charge in [-0.1, -0.05) is 6.92 Å². The number of carbonyl (C=O) groups is 1. The Morgan fingerprint density at radius 3 is 2.55 bits per heavy atom. The Hall–Kier alpha value is -2.27. The third kappa shape index (κ3) is 6.45. The molecule has 5 nitrogen and oxygen atoms in total. The Kier molecular flexibility index (Phi) is 8.45. The predicted molar refractivity (Wildman–Crippen MR) is 85.3 cm³/mol. The minimum Gasteiger partial charge on any atom is -0.494 e. The van der Waals surface area contributed by atoms with Crippen LogP contribution >= 0.6 is 0 Å². The molecule has 0 heterocycles. The van der Waals surface area contributed by atoms with E-state index in [-0.39, 0.29) is 0 Å². The number of hydrogen-bond donors (Lipinski definition) is 1. The van der Waals surface area contributed by atoms with Gasteiger partial charge in [-0.2, -0.15) is 0 Å². The van der Waals surface area contributed by atoms with Crippen LogP contribution in [0.3, 0.4) is 0 Å². The van der Waals surface area contributed by atoms with Gasteiger partial charge in [-0.25, -0.2) is 4.79 Å². The van der Waals surface area contributed by atoms with Crippen LogP contribution in [0.4, 0.5) is 0 Å². The van der Waals surface area contributed by atoms with E-state index in [4.69, 9.17) is 14.3 Å². The quantitative estimate of drug-likeness (QED) is 0.248. The molecule has 0 saturated heterocycles. The van der Waals surface area contributed by atoms with Crippen molar-refractivity contribution in [3.8, 4) is 5.75 Å². The van der Waals surface area contributed by atoms with Crippen LogP contribution < -0.4 is 10.2 Å². The second-order valence-corrected chi connectivity index (χ2v) is 4.34. The number of esters is 1. The van der Waals surface area contributed by atoms with Crippen molar-refractivity contribution in [2.24, 2.45) is 0 Å². The highest BCUT2D eigenvalue weighted by Crippen LogP contribution is 2.14. The lowest BCUT2D eigenvalue weighted by Crippen LogP contribution is -2.07. The van der Waals surface area contributed by atoms with Crippen LogP contribution in [0.2, 0.25) is 0 Å². The predicted octanol–water partition coefficient (Wildman–Crippen LogP) is 3.59. The summed E-state index contributed by atoms with van der Waals surface area (Å²) in [6.07, 6.45) is 5.82. The molecule has 0 unspecified atom stereocenters. The number of allylic oxidation sites excluding steroid dienone is 2. The van der Waals surface area contributed by atoms with Crippen molar-refractivity contribution in [3.63, 3.8) is 0 Å². The van der Waals surface area contributed by atoms with Crippen molar-refractivity contribution in [3.05, 3.63) is 53.9 Å². The summed E-state index contributed by atoms with van der Waals surface area (Å²) in [5, 5.41) is 0. The summed E-state index contributed by atoms with van der Waals surface area (Å²) in [6, 6.07) is 6.88. The number of hydroxylamine groups is 1. The highest BCUT2D eigenvalue weighted by atomic mass is 16.6. The first-order chi connectivity index (χ1) is 10.7. The zero-order valence-electron chi connectivity index (χ0n) is 13.3. The van der Waals surface area contributed by atoms with E-state index in [9.17, 15) is 4.79 Å². The summed E-state index contributed by atoms with van der Waals surface area (Å²) in [5.74, 6) is 0.755. The molecule has 0 aromatic heterocycles. The van der Waals surface area contributed by atoms with E-state index < -0.39 is 5.97 Å². The van der Waals surface area contributed by atoms with Crippen LogP contribution in [0.25, 0.3) is 0 Å². The minimum absolute atomic E-state index is 0.420. The van der Waals surface area contributed by atoms with Crippen molar-refractivity contribution < 1.29 is 19.1 Å². The number of benzene rings is 1. The van der Waals surface area contributed by atoms with Gasteiger partial charge in [0.15, 0.2) is 0 Å². The summed E-state index contributed by atoms with van der Waals surface area (Å²) in [4.78, 5) is 17.0. The van der Waals surface area contributed by atoms with Crippen molar-refractivity contribution >= 4 is 5.97 Å². The Morgan fingerprint density at radius 1 is 1.23 bits per heavy atom. The van der Waals surface area contributed by atoms with Crippen molar-refractivity contribution in [2.45, 2.75) is 27.2 Å². The van der Waals surface area contributed by atoms with E-state index in [0.29, 0.717) is 24.5 Å². The van der Waals surface area contributed by atoms with Gasteiger partial charge in [0.2, 0.25) is 0 Å². The molecule has 0 radical (unpaired) electrons. The SMILES string of the molecule is C/C=C(\C=C/NOCC)OC(=O)c1ccc(OCCC)cc1. The highest BCUT2D eigenvalue weighted by molar-refractivity contribution is 5.90. The summed E-state index contributed by atoms with van der Waals surface area (Å²) in [7, 11) is 0. The third-order valence-electron chi connectivity index (χ3n) is 2.60. The molecule has 1 aromatic rings. The fourth-order valence-corrected chi connectivity index (χ4v) is 1.51. The Labute approximate surface area is 131 Å². The average molecular weight is 305 g/mol. The van der Waals surface area contributed by atoms with Crippen molar-refractivity contribution in [1.29, 1.82) is 0 Å². The van der Waals surface area contributed by atoms with E-state index in [0.717, 1.165) is 12.2 Å². The number of rotatable bonds is 9. The highest BCUT2D eigenvalue weighted by Gasteiger charge is 2.08. The van der Waals surface area contributed by atoms with Gasteiger partial charge in [-0.15, -0.1) is 0 Å². The van der Waals surface area contributed by atoms with Crippen LogP contribution in [0.1, 0.15) is 37.6 Å². The third-order valence-corrected chi connectivity index (χ3v) is 2.60. The molecule has 0 fully saturated rings. The van der Waals surface area contributed by atoms with Gasteiger partial charge in [0, 0.05) is 6.20 Å². The molecule has 5 heteroatoms. The zero-order valence-corrected chi connectivity index (χ0v) is 13.3. The molecule has 0 atom stereocenters. The number of ether oxygens (including phenoxy) is 2. The summed E-state index contributed by atoms with van der Waals surface area (Å²) in [5.41, 5.74) is 3.08. The summed E-state index contributed by atoms with van der Waals surface area (Å²) in [6.45, 7) is 6.89. The first-order valence-electron chi connectivity index (χ1n) is 7.36. The first kappa shape index (κ1) is 17.8. The van der Waals surface area contributed by atoms with Crippen LogP contribution in [-0.2, 0) is 9.57 Å². The van der Waals surface area contributed by atoms with E-state index in [1.54, 1.807) is 49.5 Å². The topological polar surface area (TPSA) is 56.8 Å². The molecular formula is C17H23NO4. The van der Waals surface area contributed by atoms with E-state index >= 15 is 0 Å². The maximum absolute atomic E-state index is 12.0. The summed E-state index contributed by atoms with van der Waals surface area (Å²) >= 11 is 0. The number of nitrogens with one attached hydrogen (secondary N) is 1. The largest absolute Gasteiger partial charge is 0.494 e. The normalized spacial score (nSPS) is 11.5. The monoisotopic (exact) mass is 305 g/mol. The molecule has 0 aliphatic heterocycles. The molecular weight excluding hydrogens is 282 g/mol. The number of carbonyl (C=O) groups excluding carboxylic acids is 1. The first-order valence-corrected chi connectivity index (χ1v) is 7.36. The number of hydrogen-bond acceptors (Lipinski definition) is 5. The van der Waals surface area contributed by atoms with Gasteiger partial charge in [0.05, 0.1) is 18.8 Å². The van der Waals surface area contributed by atoms with Crippen LogP contribution in [0, 0.1) is 0 Å². The molecule has 0 aliphatic rings. The van der Waals surface area contributed by atoms with Gasteiger partial charge < -0.3 is 9.47 Å². The molecule has 120 valence electrons. The fraction of sp³-hybridized carbons (Fsp3) is 0.353. The lowest BCUT2D eigenvalue weighted by molar-refractivity contribution is 0.0631. The minimum atomic E-state index is -0.420. The van der Waals surface area contributed by atoms with Gasteiger partial charge in [-0.3, -0.25) is 10.3 Å². The van der Waals surface area contributed by atoms with Gasteiger partial charge in [0.1, 0.15) is 11.5 Å². The van der Waals surface area contributed by atoms with Crippen molar-refractivity contribution in [2.75, 3.05) is 13.2 Å². The lowest BCUT2D eigenvalue weighted by atomic mass is 10.2. The van der Waals surface area contributed by atoms with E-state index in [2.05, 4.69) is 5.48 Å². The van der Waals surface area contributed by atoms with Gasteiger partial charge in [0.25, 0.3) is 0 Å². The van der Waals surface area contributed by atoms with E-state index in [1.165, 1.54) is 0 Å². The van der Waals surface area contributed by atoms with Crippen molar-refractivity contribution in [1.82, 2.24) is 5.48 Å². The molecule has 1 aromatic carbocycles.